The van der Waals surface area contributed by atoms with Crippen molar-refractivity contribution in [1.82, 2.24) is 5.32 Å². The average molecular weight is 107 g/mol. The van der Waals surface area contributed by atoms with E-state index in [0.717, 1.165) is 12.8 Å². The summed E-state index contributed by atoms with van der Waals surface area (Å²) >= 11 is 0. The summed E-state index contributed by atoms with van der Waals surface area (Å²) in [6.07, 6.45) is 1.84. The minimum Gasteiger partial charge on any atom is -0.258 e. The summed E-state index contributed by atoms with van der Waals surface area (Å²) < 4.78 is 22.4. The molecule has 1 aliphatic carbocycles. The normalized spacial score (nSPS) is 21.0. The molecule has 1 N–H and O–H groups in total. The van der Waals surface area contributed by atoms with Crippen molar-refractivity contribution < 1.29 is 8.78 Å². The third-order valence-corrected chi connectivity index (χ3v) is 0.939. The van der Waals surface area contributed by atoms with Crippen LogP contribution in [0.5, 0.6) is 0 Å². The predicted octanol–water partition coefficient (Wildman–Crippen LogP) is 0.961. The quantitative estimate of drug-likeness (QED) is 0.518. The smallest absolute Gasteiger partial charge is 0.258 e. The van der Waals surface area contributed by atoms with Crippen molar-refractivity contribution in [3.8, 4) is 0 Å². The van der Waals surface area contributed by atoms with E-state index in [4.69, 9.17) is 0 Å². The van der Waals surface area contributed by atoms with Gasteiger partial charge in [-0.05, 0) is 12.8 Å². The van der Waals surface area contributed by atoms with E-state index in [2.05, 4.69) is 5.32 Å². The highest BCUT2D eigenvalue weighted by Crippen LogP contribution is 2.19. The first kappa shape index (κ1) is 4.97. The molecule has 0 heterocycles. The van der Waals surface area contributed by atoms with Gasteiger partial charge in [0.25, 0.3) is 6.55 Å². The molecule has 0 aliphatic heterocycles. The van der Waals surface area contributed by atoms with E-state index in [1.165, 1.54) is 0 Å². The van der Waals surface area contributed by atoms with Crippen LogP contribution in [0, 0.1) is 0 Å². The molecule has 0 unspecified atom stereocenters. The van der Waals surface area contributed by atoms with Gasteiger partial charge in [0.1, 0.15) is 0 Å². The maximum Gasteiger partial charge on any atom is 0.292 e. The van der Waals surface area contributed by atoms with E-state index in [-0.39, 0.29) is 6.04 Å². The Labute approximate surface area is 40.7 Å². The third-order valence-electron chi connectivity index (χ3n) is 0.939. The van der Waals surface area contributed by atoms with Crippen molar-refractivity contribution in [3.05, 3.63) is 0 Å². The molecule has 0 amide bonds. The summed E-state index contributed by atoms with van der Waals surface area (Å²) in [5.41, 5.74) is 0. The second-order valence-electron chi connectivity index (χ2n) is 1.74. The van der Waals surface area contributed by atoms with E-state index in [0.29, 0.717) is 0 Å². The Morgan fingerprint density at radius 2 is 2.00 bits per heavy atom. The Kier molecular flexibility index (Phi) is 1.23. The minimum atomic E-state index is -2.31. The first-order chi connectivity index (χ1) is 3.29. The van der Waals surface area contributed by atoms with Crippen molar-refractivity contribution >= 4 is 0 Å². The van der Waals surface area contributed by atoms with Gasteiger partial charge < -0.3 is 0 Å². The highest BCUT2D eigenvalue weighted by atomic mass is 19.3. The lowest BCUT2D eigenvalue weighted by molar-refractivity contribution is 0.106. The fraction of sp³-hybridized carbons (Fsp3) is 1.00. The van der Waals surface area contributed by atoms with E-state index in [1.54, 1.807) is 0 Å². The molecule has 0 spiro atoms. The van der Waals surface area contributed by atoms with Crippen LogP contribution in [0.4, 0.5) is 8.78 Å². The molecule has 0 bridgehead atoms. The minimum absolute atomic E-state index is 0.125. The molecule has 1 fully saturated rings. The number of halogens is 2. The molecular weight excluding hydrogens is 100 g/mol. The lowest BCUT2D eigenvalue weighted by Gasteiger charge is -1.95. The molecule has 3 heteroatoms. The van der Waals surface area contributed by atoms with Crippen LogP contribution >= 0.6 is 0 Å². The predicted molar refractivity (Wildman–Crippen MR) is 22.2 cm³/mol. The Balaban J connectivity index is 1.97. The number of nitrogens with one attached hydrogen (secondary N) is 1. The lowest BCUT2D eigenvalue weighted by atomic mass is 10.7. The van der Waals surface area contributed by atoms with Crippen LogP contribution in [0.3, 0.4) is 0 Å². The topological polar surface area (TPSA) is 12.0 Å². The van der Waals surface area contributed by atoms with Crippen LogP contribution in [-0.2, 0) is 0 Å². The maximum atomic E-state index is 11.2. The van der Waals surface area contributed by atoms with Crippen LogP contribution in [-0.4, -0.2) is 12.6 Å². The van der Waals surface area contributed by atoms with Gasteiger partial charge in [-0.25, -0.2) is 0 Å². The maximum absolute atomic E-state index is 11.2. The Morgan fingerprint density at radius 3 is 2.14 bits per heavy atom. The van der Waals surface area contributed by atoms with Crippen LogP contribution in [0.1, 0.15) is 12.8 Å². The zero-order valence-electron chi connectivity index (χ0n) is 3.82. The molecule has 0 aromatic rings. The Morgan fingerprint density at radius 1 is 1.43 bits per heavy atom. The van der Waals surface area contributed by atoms with E-state index >= 15 is 0 Å². The first-order valence-corrected chi connectivity index (χ1v) is 2.33. The van der Waals surface area contributed by atoms with Gasteiger partial charge in [-0.3, -0.25) is 5.32 Å². The molecule has 1 saturated carbocycles. The summed E-state index contributed by atoms with van der Waals surface area (Å²) in [5.74, 6) is 0. The number of hydrogen-bond donors (Lipinski definition) is 1. The van der Waals surface area contributed by atoms with Gasteiger partial charge in [0.2, 0.25) is 0 Å². The summed E-state index contributed by atoms with van der Waals surface area (Å²) in [7, 11) is 0. The van der Waals surface area contributed by atoms with Gasteiger partial charge in [-0.1, -0.05) is 0 Å². The van der Waals surface area contributed by atoms with E-state index < -0.39 is 6.55 Å². The van der Waals surface area contributed by atoms with Crippen LogP contribution in [0.15, 0.2) is 0 Å². The summed E-state index contributed by atoms with van der Waals surface area (Å²) in [4.78, 5) is 0. The van der Waals surface area contributed by atoms with Gasteiger partial charge in [0.05, 0.1) is 0 Å². The van der Waals surface area contributed by atoms with Gasteiger partial charge in [-0.15, -0.1) is 0 Å². The zero-order chi connectivity index (χ0) is 5.28. The SMILES string of the molecule is FC(F)NC1CC1. The molecule has 42 valence electrons. The number of rotatable bonds is 2. The second-order valence-corrected chi connectivity index (χ2v) is 1.74. The molecule has 1 nitrogen and oxygen atoms in total. The first-order valence-electron chi connectivity index (χ1n) is 2.33. The summed E-state index contributed by atoms with van der Waals surface area (Å²) in [6, 6.07) is 0.125. The number of hydrogen-bond acceptors (Lipinski definition) is 1. The molecule has 7 heavy (non-hydrogen) atoms. The fourth-order valence-electron chi connectivity index (χ4n) is 0.428. The van der Waals surface area contributed by atoms with Crippen molar-refractivity contribution in [2.24, 2.45) is 0 Å². The summed E-state index contributed by atoms with van der Waals surface area (Å²) in [6.45, 7) is -2.31. The largest absolute Gasteiger partial charge is 0.292 e. The van der Waals surface area contributed by atoms with Gasteiger partial charge in [-0.2, -0.15) is 8.78 Å². The zero-order valence-corrected chi connectivity index (χ0v) is 3.82. The Bertz CT molecular complexity index is 60.7. The second kappa shape index (κ2) is 1.74. The molecule has 1 rings (SSSR count). The van der Waals surface area contributed by atoms with Crippen molar-refractivity contribution in [1.29, 1.82) is 0 Å². The van der Waals surface area contributed by atoms with Crippen molar-refractivity contribution in [3.63, 3.8) is 0 Å². The van der Waals surface area contributed by atoms with Crippen LogP contribution in [0.2, 0.25) is 0 Å². The van der Waals surface area contributed by atoms with Crippen LogP contribution < -0.4 is 5.32 Å². The highest BCUT2D eigenvalue weighted by molar-refractivity contribution is 4.79. The number of alkyl halides is 2. The van der Waals surface area contributed by atoms with Gasteiger partial charge >= 0.3 is 0 Å². The molecule has 0 atom stereocenters. The van der Waals surface area contributed by atoms with Crippen molar-refractivity contribution in [2.75, 3.05) is 0 Å². The molecule has 1 aliphatic rings. The van der Waals surface area contributed by atoms with Crippen molar-refractivity contribution in [2.45, 2.75) is 25.4 Å². The molecular formula is C4H7F2N. The van der Waals surface area contributed by atoms with E-state index in [9.17, 15) is 8.78 Å². The molecule has 0 radical (unpaired) electrons. The lowest BCUT2D eigenvalue weighted by Crippen LogP contribution is -2.21. The van der Waals surface area contributed by atoms with Gasteiger partial charge in [0.15, 0.2) is 0 Å². The van der Waals surface area contributed by atoms with E-state index in [1.807, 2.05) is 0 Å². The third kappa shape index (κ3) is 1.83. The van der Waals surface area contributed by atoms with Crippen LogP contribution in [0.25, 0.3) is 0 Å². The monoisotopic (exact) mass is 107 g/mol. The molecule has 0 aromatic heterocycles. The average Bonchev–Trinajstić information content (AvgIpc) is 2.17. The molecule has 0 aromatic carbocycles. The fourth-order valence-corrected chi connectivity index (χ4v) is 0.428. The molecule has 0 saturated heterocycles. The summed E-state index contributed by atoms with van der Waals surface area (Å²) in [5, 5.41) is 2.08. The van der Waals surface area contributed by atoms with Gasteiger partial charge in [0, 0.05) is 6.04 Å². The Hall–Kier alpha value is -0.180. The highest BCUT2D eigenvalue weighted by Gasteiger charge is 2.23. The standard InChI is InChI=1S/C4H7F2N/c5-4(6)7-3-1-2-3/h3-4,7H,1-2H2.